The first kappa shape index (κ1) is 14.0. The van der Waals surface area contributed by atoms with Gasteiger partial charge in [-0.2, -0.15) is 0 Å². The highest BCUT2D eigenvalue weighted by atomic mass is 35.5. The fourth-order valence-corrected chi connectivity index (χ4v) is 1.82. The van der Waals surface area contributed by atoms with Crippen molar-refractivity contribution in [3.8, 4) is 0 Å². The number of carbonyl (C=O) groups excluding carboxylic acids is 1. The smallest absolute Gasteiger partial charge is 0.229 e. The van der Waals surface area contributed by atoms with Crippen molar-refractivity contribution in [2.75, 3.05) is 18.9 Å². The highest BCUT2D eigenvalue weighted by Gasteiger charge is 2.21. The highest BCUT2D eigenvalue weighted by Crippen LogP contribution is 2.22. The number of hydrogen-bond donors (Lipinski definition) is 2. The summed E-state index contributed by atoms with van der Waals surface area (Å²) in [6.45, 7) is 4.73. The van der Waals surface area contributed by atoms with E-state index in [-0.39, 0.29) is 17.7 Å². The summed E-state index contributed by atoms with van der Waals surface area (Å²) in [7, 11) is 1.85. The van der Waals surface area contributed by atoms with E-state index in [1.165, 1.54) is 0 Å². The van der Waals surface area contributed by atoms with Gasteiger partial charge in [0.05, 0.1) is 16.6 Å². The molecule has 94 valence electrons. The summed E-state index contributed by atoms with van der Waals surface area (Å²) in [6.07, 6.45) is 0. The topological polar surface area (TPSA) is 41.1 Å². The number of rotatable bonds is 5. The second-order valence-electron chi connectivity index (χ2n) is 4.38. The van der Waals surface area contributed by atoms with Crippen LogP contribution in [0.1, 0.15) is 13.8 Å². The van der Waals surface area contributed by atoms with Crippen LogP contribution in [0.4, 0.5) is 5.69 Å². The van der Waals surface area contributed by atoms with Crippen LogP contribution in [0.5, 0.6) is 0 Å². The summed E-state index contributed by atoms with van der Waals surface area (Å²) in [5, 5.41) is 6.46. The lowest BCUT2D eigenvalue weighted by Crippen LogP contribution is -2.34. The molecule has 4 heteroatoms. The molecule has 0 radical (unpaired) electrons. The zero-order chi connectivity index (χ0) is 12.8. The largest absolute Gasteiger partial charge is 0.324 e. The fourth-order valence-electron chi connectivity index (χ4n) is 1.64. The summed E-state index contributed by atoms with van der Waals surface area (Å²) in [5.41, 5.74) is 0.668. The SMILES string of the molecule is CNCC(C(=O)Nc1ccccc1Cl)C(C)C. The summed E-state index contributed by atoms with van der Waals surface area (Å²) < 4.78 is 0. The second kappa shape index (κ2) is 6.62. The van der Waals surface area contributed by atoms with E-state index < -0.39 is 0 Å². The van der Waals surface area contributed by atoms with Gasteiger partial charge in [0.2, 0.25) is 5.91 Å². The maximum absolute atomic E-state index is 12.1. The Labute approximate surface area is 108 Å². The summed E-state index contributed by atoms with van der Waals surface area (Å²) in [4.78, 5) is 12.1. The van der Waals surface area contributed by atoms with E-state index in [9.17, 15) is 4.79 Å². The van der Waals surface area contributed by atoms with Crippen LogP contribution in [-0.2, 0) is 4.79 Å². The molecule has 0 aliphatic heterocycles. The first-order valence-corrected chi connectivity index (χ1v) is 6.14. The molecular weight excluding hydrogens is 236 g/mol. The lowest BCUT2D eigenvalue weighted by Gasteiger charge is -2.20. The standard InChI is InChI=1S/C13H19ClN2O/c1-9(2)10(8-15-3)13(17)16-12-7-5-4-6-11(12)14/h4-7,9-10,15H,8H2,1-3H3,(H,16,17). The van der Waals surface area contributed by atoms with Gasteiger partial charge in [-0.25, -0.2) is 0 Å². The molecule has 0 bridgehead atoms. The molecule has 17 heavy (non-hydrogen) atoms. The summed E-state index contributed by atoms with van der Waals surface area (Å²) in [5.74, 6) is 0.226. The van der Waals surface area contributed by atoms with Crippen LogP contribution < -0.4 is 10.6 Å². The monoisotopic (exact) mass is 254 g/mol. The molecular formula is C13H19ClN2O. The van der Waals surface area contributed by atoms with Gasteiger partial charge in [0.25, 0.3) is 0 Å². The van der Waals surface area contributed by atoms with Gasteiger partial charge in [-0.1, -0.05) is 37.6 Å². The predicted molar refractivity (Wildman–Crippen MR) is 72.3 cm³/mol. The molecule has 1 rings (SSSR count). The molecule has 0 heterocycles. The number of anilines is 1. The molecule has 0 spiro atoms. The number of nitrogens with one attached hydrogen (secondary N) is 2. The molecule has 1 atom stereocenters. The van der Waals surface area contributed by atoms with Crippen molar-refractivity contribution >= 4 is 23.2 Å². The average molecular weight is 255 g/mol. The van der Waals surface area contributed by atoms with Crippen molar-refractivity contribution in [2.24, 2.45) is 11.8 Å². The highest BCUT2D eigenvalue weighted by molar-refractivity contribution is 6.33. The van der Waals surface area contributed by atoms with E-state index in [1.807, 2.05) is 33.0 Å². The number of carbonyl (C=O) groups is 1. The van der Waals surface area contributed by atoms with Crippen LogP contribution in [0.15, 0.2) is 24.3 Å². The van der Waals surface area contributed by atoms with Crippen LogP contribution >= 0.6 is 11.6 Å². The molecule has 0 aromatic heterocycles. The van der Waals surface area contributed by atoms with Crippen molar-refractivity contribution in [3.05, 3.63) is 29.3 Å². The van der Waals surface area contributed by atoms with Crippen molar-refractivity contribution < 1.29 is 4.79 Å². The van der Waals surface area contributed by atoms with Gasteiger partial charge in [0.1, 0.15) is 0 Å². The van der Waals surface area contributed by atoms with Gasteiger partial charge in [-0.05, 0) is 25.1 Å². The summed E-state index contributed by atoms with van der Waals surface area (Å²) >= 11 is 6.00. The van der Waals surface area contributed by atoms with Gasteiger partial charge in [-0.15, -0.1) is 0 Å². The molecule has 1 unspecified atom stereocenters. The Bertz CT molecular complexity index is 379. The molecule has 2 N–H and O–H groups in total. The molecule has 0 fully saturated rings. The van der Waals surface area contributed by atoms with Crippen LogP contribution in [0, 0.1) is 11.8 Å². The number of para-hydroxylation sites is 1. The zero-order valence-electron chi connectivity index (χ0n) is 10.5. The molecule has 1 aromatic carbocycles. The maximum atomic E-state index is 12.1. The number of benzene rings is 1. The molecule has 3 nitrogen and oxygen atoms in total. The third kappa shape index (κ3) is 4.02. The molecule has 0 saturated carbocycles. The molecule has 0 aliphatic rings. The normalized spacial score (nSPS) is 12.5. The van der Waals surface area contributed by atoms with E-state index in [0.29, 0.717) is 17.3 Å². The van der Waals surface area contributed by atoms with Gasteiger partial charge in [0, 0.05) is 6.54 Å². The Morgan fingerprint density at radius 3 is 2.53 bits per heavy atom. The van der Waals surface area contributed by atoms with Crippen molar-refractivity contribution in [1.29, 1.82) is 0 Å². The van der Waals surface area contributed by atoms with E-state index >= 15 is 0 Å². The van der Waals surface area contributed by atoms with E-state index in [0.717, 1.165) is 0 Å². The minimum absolute atomic E-state index is 0.00227. The molecule has 0 aliphatic carbocycles. The Hall–Kier alpha value is -1.06. The Morgan fingerprint density at radius 2 is 2.00 bits per heavy atom. The third-order valence-corrected chi connectivity index (χ3v) is 3.03. The van der Waals surface area contributed by atoms with Crippen molar-refractivity contribution in [1.82, 2.24) is 5.32 Å². The minimum atomic E-state index is -0.0590. The minimum Gasteiger partial charge on any atom is -0.324 e. The van der Waals surface area contributed by atoms with Crippen LogP contribution in [0.3, 0.4) is 0 Å². The number of halogens is 1. The summed E-state index contributed by atoms with van der Waals surface area (Å²) in [6, 6.07) is 7.26. The Balaban J connectivity index is 2.73. The van der Waals surface area contributed by atoms with Crippen LogP contribution in [0.2, 0.25) is 5.02 Å². The van der Waals surface area contributed by atoms with Gasteiger partial charge >= 0.3 is 0 Å². The molecule has 0 saturated heterocycles. The van der Waals surface area contributed by atoms with Gasteiger partial charge in [-0.3, -0.25) is 4.79 Å². The molecule has 1 amide bonds. The zero-order valence-corrected chi connectivity index (χ0v) is 11.2. The number of hydrogen-bond acceptors (Lipinski definition) is 2. The Morgan fingerprint density at radius 1 is 1.35 bits per heavy atom. The third-order valence-electron chi connectivity index (χ3n) is 2.70. The van der Waals surface area contributed by atoms with E-state index in [2.05, 4.69) is 10.6 Å². The number of amides is 1. The second-order valence-corrected chi connectivity index (χ2v) is 4.78. The maximum Gasteiger partial charge on any atom is 0.229 e. The van der Waals surface area contributed by atoms with Crippen LogP contribution in [-0.4, -0.2) is 19.5 Å². The lowest BCUT2D eigenvalue weighted by atomic mass is 9.95. The van der Waals surface area contributed by atoms with E-state index in [1.54, 1.807) is 12.1 Å². The first-order chi connectivity index (χ1) is 8.06. The average Bonchev–Trinajstić information content (AvgIpc) is 2.28. The van der Waals surface area contributed by atoms with Gasteiger partial charge in [0.15, 0.2) is 0 Å². The van der Waals surface area contributed by atoms with Crippen molar-refractivity contribution in [2.45, 2.75) is 13.8 Å². The predicted octanol–water partition coefficient (Wildman–Crippen LogP) is 2.77. The lowest BCUT2D eigenvalue weighted by molar-refractivity contribution is -0.120. The van der Waals surface area contributed by atoms with Gasteiger partial charge < -0.3 is 10.6 Å². The first-order valence-electron chi connectivity index (χ1n) is 5.76. The van der Waals surface area contributed by atoms with Crippen LogP contribution in [0.25, 0.3) is 0 Å². The molecule has 1 aromatic rings. The quantitative estimate of drug-likeness (QED) is 0.848. The Kier molecular flexibility index (Phi) is 5.45. The fraction of sp³-hybridized carbons (Fsp3) is 0.462. The van der Waals surface area contributed by atoms with Crippen molar-refractivity contribution in [3.63, 3.8) is 0 Å². The van der Waals surface area contributed by atoms with E-state index in [4.69, 9.17) is 11.6 Å².